The smallest absolute Gasteiger partial charge is 0.237 e. The number of nitrogens with two attached hydrogens (primary N) is 1. The molecule has 0 spiro atoms. The number of hydrogen-bond donors (Lipinski definition) is 2. The summed E-state index contributed by atoms with van der Waals surface area (Å²) in [4.78, 5) is 12.3. The Morgan fingerprint density at radius 3 is 2.47 bits per heavy atom. The van der Waals surface area contributed by atoms with Gasteiger partial charge in [-0.05, 0) is 36.5 Å². The molecule has 0 bridgehead atoms. The SMILES string of the molecule is CC[C@H](C)[C@H](N)C(=O)NC1CC(C)CCC1C(C)C. The largest absolute Gasteiger partial charge is 0.352 e. The average molecular weight is 268 g/mol. The van der Waals surface area contributed by atoms with Crippen LogP contribution in [0.4, 0.5) is 0 Å². The van der Waals surface area contributed by atoms with Crippen LogP contribution < -0.4 is 11.1 Å². The van der Waals surface area contributed by atoms with E-state index in [1.54, 1.807) is 0 Å². The van der Waals surface area contributed by atoms with Gasteiger partial charge in [-0.2, -0.15) is 0 Å². The van der Waals surface area contributed by atoms with Crippen molar-refractivity contribution < 1.29 is 4.79 Å². The first-order chi connectivity index (χ1) is 8.86. The molecular weight excluding hydrogens is 236 g/mol. The van der Waals surface area contributed by atoms with Crippen molar-refractivity contribution in [2.75, 3.05) is 0 Å². The highest BCUT2D eigenvalue weighted by atomic mass is 16.2. The second kappa shape index (κ2) is 7.28. The van der Waals surface area contributed by atoms with E-state index in [4.69, 9.17) is 5.73 Å². The molecule has 3 N–H and O–H groups in total. The van der Waals surface area contributed by atoms with Gasteiger partial charge in [0.2, 0.25) is 5.91 Å². The fourth-order valence-electron chi connectivity index (χ4n) is 3.16. The van der Waals surface area contributed by atoms with Crippen molar-refractivity contribution in [3.8, 4) is 0 Å². The molecular formula is C16H32N2O. The fraction of sp³-hybridized carbons (Fsp3) is 0.938. The minimum absolute atomic E-state index is 0.0408. The lowest BCUT2D eigenvalue weighted by Gasteiger charge is -2.38. The molecule has 1 aliphatic carbocycles. The highest BCUT2D eigenvalue weighted by Gasteiger charge is 2.33. The third-order valence-corrected chi connectivity index (χ3v) is 4.91. The zero-order chi connectivity index (χ0) is 14.6. The van der Waals surface area contributed by atoms with Crippen molar-refractivity contribution >= 4 is 5.91 Å². The molecule has 5 atom stereocenters. The second-order valence-corrected chi connectivity index (χ2v) is 6.85. The van der Waals surface area contributed by atoms with Crippen LogP contribution >= 0.6 is 0 Å². The summed E-state index contributed by atoms with van der Waals surface area (Å²) in [7, 11) is 0. The Morgan fingerprint density at radius 1 is 1.32 bits per heavy atom. The van der Waals surface area contributed by atoms with E-state index in [1.165, 1.54) is 12.8 Å². The molecule has 3 heteroatoms. The maximum absolute atomic E-state index is 12.3. The highest BCUT2D eigenvalue weighted by Crippen LogP contribution is 2.33. The van der Waals surface area contributed by atoms with Crippen molar-refractivity contribution in [2.24, 2.45) is 29.4 Å². The number of carbonyl (C=O) groups is 1. The molecule has 19 heavy (non-hydrogen) atoms. The van der Waals surface area contributed by atoms with E-state index < -0.39 is 0 Å². The van der Waals surface area contributed by atoms with Crippen molar-refractivity contribution in [1.29, 1.82) is 0 Å². The maximum atomic E-state index is 12.3. The Labute approximate surface area is 118 Å². The molecule has 1 saturated carbocycles. The normalized spacial score (nSPS) is 31.0. The summed E-state index contributed by atoms with van der Waals surface area (Å²) < 4.78 is 0. The zero-order valence-electron chi connectivity index (χ0n) is 13.3. The van der Waals surface area contributed by atoms with Gasteiger partial charge in [-0.3, -0.25) is 4.79 Å². The Hall–Kier alpha value is -0.570. The minimum atomic E-state index is -0.366. The van der Waals surface area contributed by atoms with Crippen LogP contribution in [0.3, 0.4) is 0 Å². The van der Waals surface area contributed by atoms with Crippen molar-refractivity contribution in [3.63, 3.8) is 0 Å². The first-order valence-electron chi connectivity index (χ1n) is 7.92. The molecule has 0 aromatic rings. The molecule has 3 nitrogen and oxygen atoms in total. The van der Waals surface area contributed by atoms with Gasteiger partial charge >= 0.3 is 0 Å². The number of amides is 1. The van der Waals surface area contributed by atoms with Gasteiger partial charge in [-0.25, -0.2) is 0 Å². The zero-order valence-corrected chi connectivity index (χ0v) is 13.3. The first kappa shape index (κ1) is 16.5. The topological polar surface area (TPSA) is 55.1 Å². The van der Waals surface area contributed by atoms with Gasteiger partial charge in [-0.15, -0.1) is 0 Å². The van der Waals surface area contributed by atoms with E-state index in [2.05, 4.69) is 33.0 Å². The molecule has 1 rings (SSSR count). The summed E-state index contributed by atoms with van der Waals surface area (Å²) in [5, 5.41) is 3.23. The number of rotatable bonds is 5. The summed E-state index contributed by atoms with van der Waals surface area (Å²) in [6, 6.07) is -0.0543. The molecule has 1 aliphatic rings. The van der Waals surface area contributed by atoms with Gasteiger partial charge < -0.3 is 11.1 Å². The minimum Gasteiger partial charge on any atom is -0.352 e. The molecule has 0 aromatic carbocycles. The van der Waals surface area contributed by atoms with Crippen molar-refractivity contribution in [2.45, 2.75) is 72.4 Å². The Kier molecular flexibility index (Phi) is 6.31. The van der Waals surface area contributed by atoms with E-state index in [1.807, 2.05) is 6.92 Å². The number of hydrogen-bond acceptors (Lipinski definition) is 2. The molecule has 1 fully saturated rings. The summed E-state index contributed by atoms with van der Waals surface area (Å²) in [6.45, 7) is 10.9. The Balaban J connectivity index is 2.63. The Morgan fingerprint density at radius 2 is 1.95 bits per heavy atom. The van der Waals surface area contributed by atoms with Gasteiger partial charge in [-0.1, -0.05) is 47.5 Å². The van der Waals surface area contributed by atoms with Crippen LogP contribution in [-0.4, -0.2) is 18.0 Å². The van der Waals surface area contributed by atoms with Gasteiger partial charge in [0.15, 0.2) is 0 Å². The fourth-order valence-corrected chi connectivity index (χ4v) is 3.16. The van der Waals surface area contributed by atoms with Crippen LogP contribution in [0.15, 0.2) is 0 Å². The lowest BCUT2D eigenvalue weighted by Crippen LogP contribution is -2.52. The summed E-state index contributed by atoms with van der Waals surface area (Å²) in [5.41, 5.74) is 6.03. The molecule has 3 unspecified atom stereocenters. The van der Waals surface area contributed by atoms with Crippen LogP contribution in [0.2, 0.25) is 0 Å². The molecule has 0 aromatic heterocycles. The number of nitrogens with one attached hydrogen (secondary N) is 1. The second-order valence-electron chi connectivity index (χ2n) is 6.85. The van der Waals surface area contributed by atoms with E-state index >= 15 is 0 Å². The third kappa shape index (κ3) is 4.48. The quantitative estimate of drug-likeness (QED) is 0.805. The monoisotopic (exact) mass is 268 g/mol. The summed E-state index contributed by atoms with van der Waals surface area (Å²) >= 11 is 0. The van der Waals surface area contributed by atoms with Gasteiger partial charge in [0.05, 0.1) is 6.04 Å². The first-order valence-corrected chi connectivity index (χ1v) is 7.92. The van der Waals surface area contributed by atoms with Gasteiger partial charge in [0.1, 0.15) is 0 Å². The van der Waals surface area contributed by atoms with E-state index in [9.17, 15) is 4.79 Å². The predicted molar refractivity (Wildman–Crippen MR) is 80.7 cm³/mol. The molecule has 0 aliphatic heterocycles. The lowest BCUT2D eigenvalue weighted by molar-refractivity contribution is -0.125. The molecule has 0 saturated heterocycles. The van der Waals surface area contributed by atoms with Crippen LogP contribution in [0.5, 0.6) is 0 Å². The van der Waals surface area contributed by atoms with Crippen LogP contribution in [0.25, 0.3) is 0 Å². The standard InChI is InChI=1S/C16H32N2O/c1-6-12(5)15(17)16(19)18-14-9-11(4)7-8-13(14)10(2)3/h10-15H,6-9,17H2,1-5H3,(H,18,19)/t11?,12-,13?,14?,15-/m0/s1. The maximum Gasteiger partial charge on any atom is 0.237 e. The summed E-state index contributed by atoms with van der Waals surface area (Å²) in [5.74, 6) is 2.22. The van der Waals surface area contributed by atoms with E-state index in [0.717, 1.165) is 12.8 Å². The third-order valence-electron chi connectivity index (χ3n) is 4.91. The highest BCUT2D eigenvalue weighted by molar-refractivity contribution is 5.82. The van der Waals surface area contributed by atoms with Crippen LogP contribution in [0.1, 0.15) is 60.3 Å². The van der Waals surface area contributed by atoms with Crippen LogP contribution in [-0.2, 0) is 4.79 Å². The Bertz CT molecular complexity index is 290. The number of carbonyl (C=O) groups excluding carboxylic acids is 1. The van der Waals surface area contributed by atoms with Crippen molar-refractivity contribution in [3.05, 3.63) is 0 Å². The lowest BCUT2D eigenvalue weighted by atomic mass is 9.74. The molecule has 0 radical (unpaired) electrons. The predicted octanol–water partition coefficient (Wildman–Crippen LogP) is 2.94. The van der Waals surface area contributed by atoms with Crippen molar-refractivity contribution in [1.82, 2.24) is 5.32 Å². The molecule has 1 amide bonds. The van der Waals surface area contributed by atoms with Gasteiger partial charge in [0.25, 0.3) is 0 Å². The van der Waals surface area contributed by atoms with E-state index in [0.29, 0.717) is 23.8 Å². The average Bonchev–Trinajstić information content (AvgIpc) is 2.36. The van der Waals surface area contributed by atoms with Crippen LogP contribution in [0, 0.1) is 23.7 Å². The van der Waals surface area contributed by atoms with Gasteiger partial charge in [0, 0.05) is 6.04 Å². The summed E-state index contributed by atoms with van der Waals surface area (Å²) in [6.07, 6.45) is 4.56. The molecule has 0 heterocycles. The molecule has 112 valence electrons. The van der Waals surface area contributed by atoms with E-state index in [-0.39, 0.29) is 17.9 Å².